The van der Waals surface area contributed by atoms with Gasteiger partial charge in [0.15, 0.2) is 21.7 Å². The van der Waals surface area contributed by atoms with Gasteiger partial charge in [-0.05, 0) is 12.8 Å². The van der Waals surface area contributed by atoms with Gasteiger partial charge in [-0.2, -0.15) is 0 Å². The highest BCUT2D eigenvalue weighted by Crippen LogP contribution is 2.50. The largest absolute Gasteiger partial charge is 0.474 e. The summed E-state index contributed by atoms with van der Waals surface area (Å²) in [7, 11) is -3.98. The van der Waals surface area contributed by atoms with E-state index in [2.05, 4.69) is 15.0 Å². The molecule has 2 atom stereocenters. The summed E-state index contributed by atoms with van der Waals surface area (Å²) in [4.78, 5) is 36.8. The first-order valence-electron chi connectivity index (χ1n) is 12.7. The van der Waals surface area contributed by atoms with Gasteiger partial charge < -0.3 is 10.5 Å². The van der Waals surface area contributed by atoms with Crippen LogP contribution in [-0.4, -0.2) is 67.2 Å². The quantitative estimate of drug-likeness (QED) is 0.259. The second-order valence-electron chi connectivity index (χ2n) is 11.1. The standard InChI is InChI=1S/C24H38N5O7PS2/c1-23(2,3)21(30)38-11-9-33-37(32,34-10-12-39-22(31)24(4,5)6)35-13-16-7-8-17(36-16)29-15-28-18-19(25)26-14-27-20(18)29/h14-17H,7-13H2,1-6H3,(H2,25,26,27)/t16-,17+/m0/s1. The van der Waals surface area contributed by atoms with Crippen molar-refractivity contribution in [3.05, 3.63) is 12.7 Å². The number of imidazole rings is 1. The number of nitrogens with two attached hydrogens (primary N) is 1. The van der Waals surface area contributed by atoms with E-state index < -0.39 is 18.7 Å². The van der Waals surface area contributed by atoms with Crippen molar-refractivity contribution in [1.29, 1.82) is 0 Å². The summed E-state index contributed by atoms with van der Waals surface area (Å²) in [5.41, 5.74) is 5.96. The Morgan fingerprint density at radius 1 is 1.00 bits per heavy atom. The number of thioether (sulfide) groups is 2. The Bertz CT molecular complexity index is 1160. The van der Waals surface area contributed by atoms with Gasteiger partial charge in [-0.3, -0.25) is 27.7 Å². The van der Waals surface area contributed by atoms with Crippen LogP contribution in [0.1, 0.15) is 60.6 Å². The lowest BCUT2D eigenvalue weighted by atomic mass is 9.99. The Morgan fingerprint density at radius 2 is 1.59 bits per heavy atom. The first-order valence-corrected chi connectivity index (χ1v) is 16.1. The van der Waals surface area contributed by atoms with Gasteiger partial charge >= 0.3 is 7.82 Å². The zero-order valence-electron chi connectivity index (χ0n) is 23.2. The monoisotopic (exact) mass is 603 g/mol. The minimum absolute atomic E-state index is 0.00399. The van der Waals surface area contributed by atoms with Crippen molar-refractivity contribution in [2.24, 2.45) is 10.8 Å². The second kappa shape index (κ2) is 13.4. The van der Waals surface area contributed by atoms with E-state index in [0.29, 0.717) is 35.5 Å². The summed E-state index contributed by atoms with van der Waals surface area (Å²) < 4.78 is 38.0. The van der Waals surface area contributed by atoms with E-state index in [9.17, 15) is 14.2 Å². The molecule has 0 aromatic carbocycles. The predicted octanol–water partition coefficient (Wildman–Crippen LogP) is 4.86. The highest BCUT2D eigenvalue weighted by Gasteiger charge is 2.34. The van der Waals surface area contributed by atoms with Crippen LogP contribution < -0.4 is 5.73 Å². The minimum atomic E-state index is -3.98. The molecule has 0 aliphatic carbocycles. The number of nitrogens with zero attached hydrogens (tertiary/aromatic N) is 4. The fourth-order valence-corrected chi connectivity index (χ4v) is 6.40. The van der Waals surface area contributed by atoms with Gasteiger partial charge in [-0.1, -0.05) is 65.1 Å². The van der Waals surface area contributed by atoms with E-state index in [0.717, 1.165) is 23.5 Å². The van der Waals surface area contributed by atoms with E-state index in [-0.39, 0.29) is 48.2 Å². The zero-order chi connectivity index (χ0) is 28.8. The molecule has 1 saturated heterocycles. The van der Waals surface area contributed by atoms with Crippen molar-refractivity contribution in [2.45, 2.75) is 66.7 Å². The zero-order valence-corrected chi connectivity index (χ0v) is 25.8. The van der Waals surface area contributed by atoms with Gasteiger partial charge in [0.05, 0.1) is 32.3 Å². The molecular formula is C24H38N5O7PS2. The summed E-state index contributed by atoms with van der Waals surface area (Å²) in [6.45, 7) is 11.0. The van der Waals surface area contributed by atoms with Crippen LogP contribution in [0.25, 0.3) is 11.2 Å². The van der Waals surface area contributed by atoms with Crippen LogP contribution >= 0.6 is 31.3 Å². The van der Waals surface area contributed by atoms with Gasteiger partial charge in [0, 0.05) is 22.3 Å². The molecule has 0 saturated carbocycles. The average Bonchev–Trinajstić information content (AvgIpc) is 3.49. The highest BCUT2D eigenvalue weighted by atomic mass is 32.2. The molecule has 3 heterocycles. The molecule has 1 fully saturated rings. The third-order valence-electron chi connectivity index (χ3n) is 5.56. The first-order chi connectivity index (χ1) is 18.2. The van der Waals surface area contributed by atoms with E-state index in [1.54, 1.807) is 10.9 Å². The summed E-state index contributed by atoms with van der Waals surface area (Å²) in [6, 6.07) is 0. The number of phosphoric acid groups is 1. The molecule has 0 amide bonds. The van der Waals surface area contributed by atoms with Gasteiger partial charge in [-0.15, -0.1) is 0 Å². The Labute approximate surface area is 237 Å². The average molecular weight is 604 g/mol. The number of hydrogen-bond donors (Lipinski definition) is 1. The van der Waals surface area contributed by atoms with E-state index in [4.69, 9.17) is 24.0 Å². The Kier molecular flexibility index (Phi) is 11.0. The van der Waals surface area contributed by atoms with Gasteiger partial charge in [0.2, 0.25) is 0 Å². The van der Waals surface area contributed by atoms with Crippen molar-refractivity contribution in [1.82, 2.24) is 19.5 Å². The van der Waals surface area contributed by atoms with Crippen LogP contribution in [-0.2, 0) is 32.5 Å². The number of hydrogen-bond acceptors (Lipinski definition) is 13. The third-order valence-corrected chi connectivity index (χ3v) is 9.51. The molecule has 0 unspecified atom stereocenters. The smallest absolute Gasteiger partial charge is 0.382 e. The number of carbonyl (C=O) groups excluding carboxylic acids is 2. The fourth-order valence-electron chi connectivity index (χ4n) is 3.38. The molecule has 2 N–H and O–H groups in total. The third kappa shape index (κ3) is 9.24. The topological polar surface area (TPSA) is 158 Å². The Balaban J connectivity index is 1.55. The van der Waals surface area contributed by atoms with Crippen molar-refractivity contribution < 1.29 is 32.5 Å². The summed E-state index contributed by atoms with van der Waals surface area (Å²) >= 11 is 2.21. The molecule has 0 bridgehead atoms. The van der Waals surface area contributed by atoms with Crippen LogP contribution in [0.15, 0.2) is 12.7 Å². The molecule has 2 aromatic rings. The number of carbonyl (C=O) groups is 2. The fraction of sp³-hybridized carbons (Fsp3) is 0.708. The molecule has 1 aliphatic heterocycles. The lowest BCUT2D eigenvalue weighted by Gasteiger charge is -2.21. The van der Waals surface area contributed by atoms with Crippen molar-refractivity contribution >= 4 is 58.6 Å². The molecule has 12 nitrogen and oxygen atoms in total. The Morgan fingerprint density at radius 3 is 2.15 bits per heavy atom. The van der Waals surface area contributed by atoms with E-state index >= 15 is 0 Å². The molecule has 3 rings (SSSR count). The number of ether oxygens (including phenoxy) is 1. The van der Waals surface area contributed by atoms with E-state index in [1.165, 1.54) is 6.33 Å². The van der Waals surface area contributed by atoms with Crippen LogP contribution in [0.2, 0.25) is 0 Å². The maximum Gasteiger partial charge on any atom is 0.474 e. The van der Waals surface area contributed by atoms with Crippen LogP contribution in [0.4, 0.5) is 5.82 Å². The summed E-state index contributed by atoms with van der Waals surface area (Å²) in [6.07, 6.45) is 3.55. The molecule has 1 aliphatic rings. The minimum Gasteiger partial charge on any atom is -0.382 e. The normalized spacial score (nSPS) is 18.6. The first kappa shape index (κ1) is 32.0. The van der Waals surface area contributed by atoms with Gasteiger partial charge in [0.25, 0.3) is 0 Å². The predicted molar refractivity (Wildman–Crippen MR) is 152 cm³/mol. The Hall–Kier alpha value is -1.54. The van der Waals surface area contributed by atoms with Crippen LogP contribution in [0.3, 0.4) is 0 Å². The molecule has 2 aromatic heterocycles. The molecule has 15 heteroatoms. The maximum atomic E-state index is 13.4. The summed E-state index contributed by atoms with van der Waals surface area (Å²) in [5, 5.41) is 0.00799. The lowest BCUT2D eigenvalue weighted by molar-refractivity contribution is -0.118. The number of phosphoric ester groups is 1. The number of rotatable bonds is 12. The number of fused-ring (bicyclic) bond motifs is 1. The van der Waals surface area contributed by atoms with Crippen LogP contribution in [0, 0.1) is 10.8 Å². The van der Waals surface area contributed by atoms with Crippen LogP contribution in [0.5, 0.6) is 0 Å². The molecule has 218 valence electrons. The highest BCUT2D eigenvalue weighted by molar-refractivity contribution is 8.14. The number of aromatic nitrogens is 4. The van der Waals surface area contributed by atoms with E-state index in [1.807, 2.05) is 41.5 Å². The molecule has 39 heavy (non-hydrogen) atoms. The maximum absolute atomic E-state index is 13.4. The number of anilines is 1. The molecular weight excluding hydrogens is 565 g/mol. The van der Waals surface area contributed by atoms with Crippen molar-refractivity contribution in [3.63, 3.8) is 0 Å². The van der Waals surface area contributed by atoms with Gasteiger partial charge in [-0.25, -0.2) is 19.5 Å². The van der Waals surface area contributed by atoms with Crippen molar-refractivity contribution in [3.8, 4) is 0 Å². The lowest BCUT2D eigenvalue weighted by Crippen LogP contribution is -2.19. The van der Waals surface area contributed by atoms with Crippen molar-refractivity contribution in [2.75, 3.05) is 37.1 Å². The van der Waals surface area contributed by atoms with Gasteiger partial charge in [0.1, 0.15) is 18.1 Å². The second-order valence-corrected chi connectivity index (χ2v) is 14.9. The number of nitrogen functional groups attached to an aromatic ring is 1. The molecule has 0 spiro atoms. The summed E-state index contributed by atoms with van der Waals surface area (Å²) in [5.74, 6) is 0.881. The SMILES string of the molecule is CC(C)(C)C(=O)SCCOP(=O)(OCCSC(=O)C(C)(C)C)OC[C@@H]1CC[C@H](n2cnc3c(N)ncnc32)O1. The molecule has 0 radical (unpaired) electrons.